The molecular formula is C31H26N2O5S. The normalized spacial score (nSPS) is 14.2. The summed E-state index contributed by atoms with van der Waals surface area (Å²) in [5.74, 6) is 0.541. The SMILES string of the molecule is Cc1cccc(NC(=O)COc2cccc(/C=C3\SC(=O)N(CCOc4cccc5ccccc45)C3=O)c2)c1. The predicted molar refractivity (Wildman–Crippen MR) is 154 cm³/mol. The van der Waals surface area contributed by atoms with Crippen molar-refractivity contribution >= 4 is 51.4 Å². The zero-order chi connectivity index (χ0) is 27.2. The number of ether oxygens (including phenoxy) is 2. The Bertz CT molecular complexity index is 1580. The molecule has 0 atom stereocenters. The Morgan fingerprint density at radius 2 is 1.72 bits per heavy atom. The minimum Gasteiger partial charge on any atom is -0.491 e. The van der Waals surface area contributed by atoms with Crippen LogP contribution in [0.3, 0.4) is 0 Å². The van der Waals surface area contributed by atoms with E-state index in [0.717, 1.165) is 28.1 Å². The lowest BCUT2D eigenvalue weighted by Gasteiger charge is -2.14. The predicted octanol–water partition coefficient (Wildman–Crippen LogP) is 6.28. The van der Waals surface area contributed by atoms with Gasteiger partial charge in [-0.2, -0.15) is 0 Å². The number of hydrogen-bond acceptors (Lipinski definition) is 6. The van der Waals surface area contributed by atoms with E-state index in [1.54, 1.807) is 30.3 Å². The van der Waals surface area contributed by atoms with E-state index in [1.165, 1.54) is 4.90 Å². The van der Waals surface area contributed by atoms with Gasteiger partial charge in [0.1, 0.15) is 18.1 Å². The van der Waals surface area contributed by atoms with Gasteiger partial charge in [-0.3, -0.25) is 19.3 Å². The van der Waals surface area contributed by atoms with Crippen LogP contribution in [0.2, 0.25) is 0 Å². The van der Waals surface area contributed by atoms with Crippen LogP contribution in [0.4, 0.5) is 10.5 Å². The second kappa shape index (κ2) is 11.9. The summed E-state index contributed by atoms with van der Waals surface area (Å²) >= 11 is 0.890. The summed E-state index contributed by atoms with van der Waals surface area (Å²) in [6, 6.07) is 28.2. The first-order valence-electron chi connectivity index (χ1n) is 12.4. The van der Waals surface area contributed by atoms with Gasteiger partial charge in [-0.1, -0.05) is 60.7 Å². The third-order valence-corrected chi connectivity index (χ3v) is 6.93. The monoisotopic (exact) mass is 538 g/mol. The van der Waals surface area contributed by atoms with Gasteiger partial charge in [0.05, 0.1) is 11.4 Å². The van der Waals surface area contributed by atoms with E-state index < -0.39 is 0 Å². The number of amides is 3. The van der Waals surface area contributed by atoms with Crippen molar-refractivity contribution in [1.29, 1.82) is 0 Å². The van der Waals surface area contributed by atoms with Crippen LogP contribution in [0, 0.1) is 6.92 Å². The highest BCUT2D eigenvalue weighted by molar-refractivity contribution is 8.18. The van der Waals surface area contributed by atoms with Gasteiger partial charge in [-0.15, -0.1) is 0 Å². The zero-order valence-corrected chi connectivity index (χ0v) is 22.1. The topological polar surface area (TPSA) is 84.9 Å². The molecule has 0 unspecified atom stereocenters. The number of imide groups is 1. The maximum Gasteiger partial charge on any atom is 0.293 e. The van der Waals surface area contributed by atoms with Crippen molar-refractivity contribution in [2.45, 2.75) is 6.92 Å². The van der Waals surface area contributed by atoms with Gasteiger partial charge in [0.2, 0.25) is 0 Å². The largest absolute Gasteiger partial charge is 0.491 e. The van der Waals surface area contributed by atoms with Gasteiger partial charge in [0, 0.05) is 11.1 Å². The summed E-state index contributed by atoms with van der Waals surface area (Å²) < 4.78 is 11.6. The summed E-state index contributed by atoms with van der Waals surface area (Å²) in [5.41, 5.74) is 2.43. The molecule has 8 heteroatoms. The number of carbonyl (C=O) groups excluding carboxylic acids is 3. The van der Waals surface area contributed by atoms with Gasteiger partial charge < -0.3 is 14.8 Å². The number of carbonyl (C=O) groups is 3. The van der Waals surface area contributed by atoms with Crippen LogP contribution in [0.5, 0.6) is 11.5 Å². The Morgan fingerprint density at radius 3 is 2.59 bits per heavy atom. The van der Waals surface area contributed by atoms with Gasteiger partial charge in [0.25, 0.3) is 17.1 Å². The van der Waals surface area contributed by atoms with Crippen LogP contribution in [-0.4, -0.2) is 41.7 Å². The first kappa shape index (κ1) is 26.1. The molecule has 1 saturated heterocycles. The Morgan fingerprint density at radius 1 is 0.923 bits per heavy atom. The third kappa shape index (κ3) is 6.48. The zero-order valence-electron chi connectivity index (χ0n) is 21.3. The van der Waals surface area contributed by atoms with Crippen molar-refractivity contribution in [3.8, 4) is 11.5 Å². The number of nitrogens with one attached hydrogen (secondary N) is 1. The van der Waals surface area contributed by atoms with Crippen molar-refractivity contribution in [2.75, 3.05) is 25.1 Å². The van der Waals surface area contributed by atoms with Crippen LogP contribution < -0.4 is 14.8 Å². The fourth-order valence-corrected chi connectivity index (χ4v) is 5.04. The first-order chi connectivity index (χ1) is 19.0. The molecule has 4 aromatic carbocycles. The number of nitrogens with zero attached hydrogens (tertiary/aromatic N) is 1. The average molecular weight is 539 g/mol. The summed E-state index contributed by atoms with van der Waals surface area (Å²) in [6.07, 6.45) is 1.65. The van der Waals surface area contributed by atoms with E-state index in [-0.39, 0.29) is 36.8 Å². The Balaban J connectivity index is 1.17. The quantitative estimate of drug-likeness (QED) is 0.253. The molecule has 0 aromatic heterocycles. The Kier molecular flexibility index (Phi) is 7.94. The molecule has 0 bridgehead atoms. The van der Waals surface area contributed by atoms with Crippen molar-refractivity contribution in [3.05, 3.63) is 107 Å². The maximum atomic E-state index is 12.9. The molecule has 1 aliphatic rings. The molecule has 0 aliphatic carbocycles. The second-order valence-corrected chi connectivity index (χ2v) is 9.93. The summed E-state index contributed by atoms with van der Waals surface area (Å²) in [7, 11) is 0. The molecule has 39 heavy (non-hydrogen) atoms. The average Bonchev–Trinajstić information content (AvgIpc) is 3.19. The summed E-state index contributed by atoms with van der Waals surface area (Å²) in [4.78, 5) is 39.3. The third-order valence-electron chi connectivity index (χ3n) is 6.02. The molecule has 5 rings (SSSR count). The lowest BCUT2D eigenvalue weighted by atomic mass is 10.1. The highest BCUT2D eigenvalue weighted by atomic mass is 32.2. The van der Waals surface area contributed by atoms with Crippen LogP contribution in [0.25, 0.3) is 16.8 Å². The van der Waals surface area contributed by atoms with Gasteiger partial charge in [0.15, 0.2) is 6.61 Å². The molecule has 1 N–H and O–H groups in total. The Hall–Kier alpha value is -4.56. The van der Waals surface area contributed by atoms with E-state index in [2.05, 4.69) is 5.32 Å². The molecule has 1 fully saturated rings. The lowest BCUT2D eigenvalue weighted by molar-refractivity contribution is -0.123. The highest BCUT2D eigenvalue weighted by Gasteiger charge is 2.34. The number of hydrogen-bond donors (Lipinski definition) is 1. The van der Waals surface area contributed by atoms with Gasteiger partial charge in [-0.05, 0) is 71.6 Å². The molecule has 196 valence electrons. The fraction of sp³-hybridized carbons (Fsp3) is 0.129. The van der Waals surface area contributed by atoms with Gasteiger partial charge >= 0.3 is 0 Å². The molecule has 0 saturated carbocycles. The van der Waals surface area contributed by atoms with Gasteiger partial charge in [-0.25, -0.2) is 0 Å². The van der Waals surface area contributed by atoms with E-state index >= 15 is 0 Å². The first-order valence-corrected chi connectivity index (χ1v) is 13.2. The number of aryl methyl sites for hydroxylation is 1. The maximum absolute atomic E-state index is 12.9. The number of fused-ring (bicyclic) bond motifs is 1. The molecule has 1 aliphatic heterocycles. The van der Waals surface area contributed by atoms with E-state index in [1.807, 2.05) is 73.7 Å². The van der Waals surface area contributed by atoms with Crippen molar-refractivity contribution in [1.82, 2.24) is 4.90 Å². The van der Waals surface area contributed by atoms with Crippen LogP contribution in [0.1, 0.15) is 11.1 Å². The molecular weight excluding hydrogens is 512 g/mol. The Labute approximate surface area is 230 Å². The van der Waals surface area contributed by atoms with Crippen LogP contribution in [0.15, 0.2) is 95.9 Å². The molecule has 3 amide bonds. The van der Waals surface area contributed by atoms with Crippen molar-refractivity contribution < 1.29 is 23.9 Å². The minimum absolute atomic E-state index is 0.143. The number of rotatable bonds is 9. The van der Waals surface area contributed by atoms with E-state index in [0.29, 0.717) is 27.7 Å². The van der Waals surface area contributed by atoms with E-state index in [9.17, 15) is 14.4 Å². The molecule has 7 nitrogen and oxygen atoms in total. The molecule has 1 heterocycles. The highest BCUT2D eigenvalue weighted by Crippen LogP contribution is 2.33. The van der Waals surface area contributed by atoms with Crippen molar-refractivity contribution in [3.63, 3.8) is 0 Å². The molecule has 0 radical (unpaired) electrons. The fourth-order valence-electron chi connectivity index (χ4n) is 4.18. The smallest absolute Gasteiger partial charge is 0.293 e. The van der Waals surface area contributed by atoms with Crippen LogP contribution in [-0.2, 0) is 9.59 Å². The molecule has 0 spiro atoms. The lowest BCUT2D eigenvalue weighted by Crippen LogP contribution is -2.32. The standard InChI is InChI=1S/C31H26N2O5S/c1-21-7-4-11-24(17-21)32-29(34)20-38-25-12-5-8-22(18-25)19-28-30(35)33(31(36)39-28)15-16-37-27-14-6-10-23-9-2-3-13-26(23)27/h2-14,17-19H,15-16,20H2,1H3,(H,32,34)/b28-19-. The summed E-state index contributed by atoms with van der Waals surface area (Å²) in [5, 5.41) is 4.49. The van der Waals surface area contributed by atoms with E-state index in [4.69, 9.17) is 9.47 Å². The van der Waals surface area contributed by atoms with Crippen LogP contribution >= 0.6 is 11.8 Å². The molecule has 4 aromatic rings. The number of anilines is 1. The van der Waals surface area contributed by atoms with Crippen molar-refractivity contribution in [2.24, 2.45) is 0 Å². The number of thioether (sulfide) groups is 1. The second-order valence-electron chi connectivity index (χ2n) is 8.94. The summed E-state index contributed by atoms with van der Waals surface area (Å²) in [6.45, 7) is 2.12. The minimum atomic E-state index is -0.365. The number of benzene rings is 4.